The van der Waals surface area contributed by atoms with Gasteiger partial charge in [0.2, 0.25) is 0 Å². The van der Waals surface area contributed by atoms with E-state index in [4.69, 9.17) is 0 Å². The van der Waals surface area contributed by atoms with E-state index in [1.165, 1.54) is 18.4 Å². The van der Waals surface area contributed by atoms with Crippen molar-refractivity contribution in [2.75, 3.05) is 6.54 Å². The fourth-order valence-electron chi connectivity index (χ4n) is 4.84. The Balaban J connectivity index is 1.60. The van der Waals surface area contributed by atoms with Crippen LogP contribution in [0.5, 0.6) is 0 Å². The van der Waals surface area contributed by atoms with Gasteiger partial charge in [0.05, 0.1) is 12.2 Å². The molecule has 3 aliphatic rings. The van der Waals surface area contributed by atoms with Gasteiger partial charge in [-0.25, -0.2) is 0 Å². The second-order valence-electron chi connectivity index (χ2n) is 7.49. The molecule has 0 bridgehead atoms. The summed E-state index contributed by atoms with van der Waals surface area (Å²) in [5, 5.41) is 24.0. The lowest BCUT2D eigenvalue weighted by Crippen LogP contribution is -2.19. The third kappa shape index (κ3) is 3.41. The molecule has 0 saturated heterocycles. The number of hydrogen-bond donors (Lipinski definition) is 3. The van der Waals surface area contributed by atoms with Gasteiger partial charge in [-0.2, -0.15) is 0 Å². The van der Waals surface area contributed by atoms with E-state index < -0.39 is 0 Å². The summed E-state index contributed by atoms with van der Waals surface area (Å²) in [5.74, 6) is 1.86. The molecule has 0 aliphatic heterocycles. The summed E-state index contributed by atoms with van der Waals surface area (Å²) in [6.45, 7) is 3.09. The molecule has 124 valence electrons. The van der Waals surface area contributed by atoms with Crippen LogP contribution in [-0.2, 0) is 0 Å². The fraction of sp³-hybridized carbons (Fsp3) is 0.789. The standard InChI is InChI=1S/C19H31NO2/c1-2-20-12-13-9-15-11-19(22)16(17(15)10-13)7-8-18(21)14-5-3-4-6-14/h7-8,12,14-22H,2-6,9-11H2,1H3/t15-,16+,17-,18+,19+/m0/s1. The van der Waals surface area contributed by atoms with Crippen LogP contribution in [0.4, 0.5) is 0 Å². The molecule has 5 atom stereocenters. The van der Waals surface area contributed by atoms with Gasteiger partial charge in [0.25, 0.3) is 0 Å². The highest BCUT2D eigenvalue weighted by Crippen LogP contribution is 2.50. The largest absolute Gasteiger partial charge is 0.392 e. The maximum absolute atomic E-state index is 10.4. The summed E-state index contributed by atoms with van der Waals surface area (Å²) in [7, 11) is 0. The zero-order valence-corrected chi connectivity index (χ0v) is 13.7. The van der Waals surface area contributed by atoms with Crippen LogP contribution in [0.3, 0.4) is 0 Å². The molecule has 0 aromatic rings. The molecule has 0 radical (unpaired) electrons. The molecule has 0 aromatic carbocycles. The second kappa shape index (κ2) is 7.18. The molecule has 0 spiro atoms. The molecular weight excluding hydrogens is 274 g/mol. The molecule has 3 aliphatic carbocycles. The second-order valence-corrected chi connectivity index (χ2v) is 7.49. The Labute approximate surface area is 134 Å². The smallest absolute Gasteiger partial charge is 0.0749 e. The summed E-state index contributed by atoms with van der Waals surface area (Å²) in [4.78, 5) is 0. The molecule has 0 unspecified atom stereocenters. The van der Waals surface area contributed by atoms with Gasteiger partial charge in [-0.15, -0.1) is 0 Å². The highest BCUT2D eigenvalue weighted by molar-refractivity contribution is 5.17. The molecule has 3 fully saturated rings. The highest BCUT2D eigenvalue weighted by atomic mass is 16.3. The van der Waals surface area contributed by atoms with Gasteiger partial charge >= 0.3 is 0 Å². The van der Waals surface area contributed by atoms with Gasteiger partial charge in [0.15, 0.2) is 0 Å². The third-order valence-corrected chi connectivity index (χ3v) is 6.03. The van der Waals surface area contributed by atoms with Crippen LogP contribution in [0.1, 0.15) is 51.9 Å². The zero-order valence-electron chi connectivity index (χ0n) is 13.7. The maximum atomic E-state index is 10.4. The van der Waals surface area contributed by atoms with Gasteiger partial charge < -0.3 is 15.5 Å². The van der Waals surface area contributed by atoms with Crippen LogP contribution in [0.15, 0.2) is 23.9 Å². The fourth-order valence-corrected chi connectivity index (χ4v) is 4.84. The van der Waals surface area contributed by atoms with Gasteiger partial charge in [0, 0.05) is 12.5 Å². The molecule has 3 saturated carbocycles. The van der Waals surface area contributed by atoms with Crippen LogP contribution in [-0.4, -0.2) is 29.0 Å². The first-order valence-corrected chi connectivity index (χ1v) is 9.14. The molecule has 0 aromatic heterocycles. The molecule has 0 amide bonds. The number of rotatable bonds is 5. The Hall–Kier alpha value is -0.800. The van der Waals surface area contributed by atoms with Crippen LogP contribution in [0.25, 0.3) is 0 Å². The van der Waals surface area contributed by atoms with Gasteiger partial charge in [-0.1, -0.05) is 30.6 Å². The SMILES string of the molecule is CCNC=C1C[C@H]2C[C@@H](O)[C@H](C=C[C@@H](O)C3CCCC3)[C@H]2C1. The number of aliphatic hydroxyl groups is 2. The Kier molecular flexibility index (Phi) is 5.25. The van der Waals surface area contributed by atoms with Crippen molar-refractivity contribution in [3.8, 4) is 0 Å². The third-order valence-electron chi connectivity index (χ3n) is 6.03. The lowest BCUT2D eigenvalue weighted by Gasteiger charge is -2.19. The van der Waals surface area contributed by atoms with Crippen LogP contribution < -0.4 is 5.32 Å². The molecular formula is C19H31NO2. The number of nitrogens with one attached hydrogen (secondary N) is 1. The minimum atomic E-state index is -0.313. The van der Waals surface area contributed by atoms with Crippen LogP contribution >= 0.6 is 0 Å². The predicted molar refractivity (Wildman–Crippen MR) is 89.2 cm³/mol. The normalized spacial score (nSPS) is 39.0. The molecule has 3 N–H and O–H groups in total. The number of fused-ring (bicyclic) bond motifs is 1. The van der Waals surface area contributed by atoms with E-state index in [-0.39, 0.29) is 18.1 Å². The Morgan fingerprint density at radius 2 is 2.05 bits per heavy atom. The van der Waals surface area contributed by atoms with Gasteiger partial charge in [0.1, 0.15) is 0 Å². The average Bonchev–Trinajstić information content (AvgIpc) is 3.19. The molecule has 3 rings (SSSR count). The number of aliphatic hydroxyl groups excluding tert-OH is 2. The van der Waals surface area contributed by atoms with E-state index in [1.807, 2.05) is 6.08 Å². The first-order valence-electron chi connectivity index (χ1n) is 9.14. The van der Waals surface area contributed by atoms with Gasteiger partial charge in [-0.05, 0) is 63.0 Å². The van der Waals surface area contributed by atoms with E-state index in [9.17, 15) is 10.2 Å². The molecule has 22 heavy (non-hydrogen) atoms. The topological polar surface area (TPSA) is 52.5 Å². The molecule has 0 heterocycles. The number of allylic oxidation sites excluding steroid dienone is 1. The number of hydrogen-bond acceptors (Lipinski definition) is 3. The minimum absolute atomic E-state index is 0.220. The van der Waals surface area contributed by atoms with E-state index >= 15 is 0 Å². The summed E-state index contributed by atoms with van der Waals surface area (Å²) < 4.78 is 0. The Morgan fingerprint density at radius 1 is 1.27 bits per heavy atom. The lowest BCUT2D eigenvalue weighted by atomic mass is 9.89. The van der Waals surface area contributed by atoms with E-state index in [0.717, 1.165) is 38.6 Å². The van der Waals surface area contributed by atoms with Crippen molar-refractivity contribution in [3.63, 3.8) is 0 Å². The van der Waals surface area contributed by atoms with E-state index in [2.05, 4.69) is 24.5 Å². The van der Waals surface area contributed by atoms with Crippen molar-refractivity contribution in [1.82, 2.24) is 5.32 Å². The summed E-state index contributed by atoms with van der Waals surface area (Å²) >= 11 is 0. The van der Waals surface area contributed by atoms with Crippen LogP contribution in [0, 0.1) is 23.7 Å². The predicted octanol–water partition coefficient (Wildman–Crippen LogP) is 2.99. The van der Waals surface area contributed by atoms with Crippen molar-refractivity contribution in [1.29, 1.82) is 0 Å². The van der Waals surface area contributed by atoms with Crippen molar-refractivity contribution >= 4 is 0 Å². The lowest BCUT2D eigenvalue weighted by molar-refractivity contribution is 0.135. The minimum Gasteiger partial charge on any atom is -0.392 e. The quantitative estimate of drug-likeness (QED) is 0.684. The van der Waals surface area contributed by atoms with Crippen LogP contribution in [0.2, 0.25) is 0 Å². The molecule has 3 heteroatoms. The van der Waals surface area contributed by atoms with Crippen molar-refractivity contribution in [2.24, 2.45) is 23.7 Å². The summed E-state index contributed by atoms with van der Waals surface area (Å²) in [6.07, 6.45) is 13.7. The zero-order chi connectivity index (χ0) is 15.5. The highest BCUT2D eigenvalue weighted by Gasteiger charge is 2.45. The van der Waals surface area contributed by atoms with Crippen molar-refractivity contribution in [2.45, 2.75) is 64.1 Å². The summed E-state index contributed by atoms with van der Waals surface area (Å²) in [5.41, 5.74) is 1.50. The van der Waals surface area contributed by atoms with E-state index in [0.29, 0.717) is 17.8 Å². The monoisotopic (exact) mass is 305 g/mol. The maximum Gasteiger partial charge on any atom is 0.0749 e. The average molecular weight is 305 g/mol. The molecule has 3 nitrogen and oxygen atoms in total. The Morgan fingerprint density at radius 3 is 2.77 bits per heavy atom. The first kappa shape index (κ1) is 16.1. The van der Waals surface area contributed by atoms with Crippen molar-refractivity contribution < 1.29 is 10.2 Å². The van der Waals surface area contributed by atoms with E-state index in [1.54, 1.807) is 0 Å². The first-order chi connectivity index (χ1) is 10.7. The summed E-state index contributed by atoms with van der Waals surface area (Å²) in [6, 6.07) is 0. The van der Waals surface area contributed by atoms with Crippen molar-refractivity contribution in [3.05, 3.63) is 23.9 Å². The van der Waals surface area contributed by atoms with Gasteiger partial charge in [-0.3, -0.25) is 0 Å². The Bertz CT molecular complexity index is 425.